The minimum atomic E-state index is -0.376. The van der Waals surface area contributed by atoms with E-state index in [4.69, 9.17) is 0 Å². The van der Waals surface area contributed by atoms with Crippen LogP contribution in [0.15, 0.2) is 24.3 Å². The number of amides is 2. The van der Waals surface area contributed by atoms with Crippen LogP contribution in [0.1, 0.15) is 18.9 Å². The van der Waals surface area contributed by atoms with Gasteiger partial charge in [0.15, 0.2) is 0 Å². The third-order valence-electron chi connectivity index (χ3n) is 3.30. The Morgan fingerprint density at radius 3 is 3.00 bits per heavy atom. The SMILES string of the molecule is CCC1C(=O)NCCN1C(=O)Cc1cccc(O)c1. The Morgan fingerprint density at radius 2 is 2.32 bits per heavy atom. The van der Waals surface area contributed by atoms with Gasteiger partial charge in [-0.2, -0.15) is 0 Å². The van der Waals surface area contributed by atoms with Crippen LogP contribution in [0, 0.1) is 0 Å². The molecule has 0 aromatic heterocycles. The fourth-order valence-corrected chi connectivity index (χ4v) is 2.36. The normalized spacial score (nSPS) is 19.1. The molecule has 102 valence electrons. The lowest BCUT2D eigenvalue weighted by Crippen LogP contribution is -2.57. The lowest BCUT2D eigenvalue weighted by atomic mass is 10.1. The zero-order valence-electron chi connectivity index (χ0n) is 10.9. The minimum absolute atomic E-state index is 0.0766. The van der Waals surface area contributed by atoms with Crippen LogP contribution in [-0.2, 0) is 16.0 Å². The van der Waals surface area contributed by atoms with Crippen LogP contribution < -0.4 is 5.32 Å². The van der Waals surface area contributed by atoms with Crippen molar-refractivity contribution >= 4 is 11.8 Å². The van der Waals surface area contributed by atoms with Crippen molar-refractivity contribution in [2.45, 2.75) is 25.8 Å². The number of nitrogens with one attached hydrogen (secondary N) is 1. The van der Waals surface area contributed by atoms with Crippen LogP contribution in [0.25, 0.3) is 0 Å². The maximum atomic E-state index is 12.3. The molecule has 0 bridgehead atoms. The van der Waals surface area contributed by atoms with E-state index in [0.29, 0.717) is 19.5 Å². The number of phenolic OH excluding ortho intramolecular Hbond substituents is 1. The molecule has 1 heterocycles. The smallest absolute Gasteiger partial charge is 0.242 e. The Kier molecular flexibility index (Phi) is 4.04. The molecule has 1 unspecified atom stereocenters. The van der Waals surface area contributed by atoms with E-state index in [1.54, 1.807) is 29.2 Å². The van der Waals surface area contributed by atoms with Gasteiger partial charge in [0.05, 0.1) is 6.42 Å². The summed E-state index contributed by atoms with van der Waals surface area (Å²) in [6.07, 6.45) is 0.815. The average molecular weight is 262 g/mol. The van der Waals surface area contributed by atoms with Crippen molar-refractivity contribution < 1.29 is 14.7 Å². The predicted octanol–water partition coefficient (Wildman–Crippen LogP) is 0.672. The summed E-state index contributed by atoms with van der Waals surface area (Å²) in [5, 5.41) is 12.2. The average Bonchev–Trinajstić information content (AvgIpc) is 2.38. The Labute approximate surface area is 112 Å². The number of benzene rings is 1. The van der Waals surface area contributed by atoms with Crippen LogP contribution >= 0.6 is 0 Å². The first kappa shape index (κ1) is 13.4. The summed E-state index contributed by atoms with van der Waals surface area (Å²) in [4.78, 5) is 25.6. The van der Waals surface area contributed by atoms with Gasteiger partial charge in [-0.3, -0.25) is 9.59 Å². The van der Waals surface area contributed by atoms with Gasteiger partial charge in [-0.1, -0.05) is 19.1 Å². The maximum absolute atomic E-state index is 12.3. The molecule has 1 atom stereocenters. The maximum Gasteiger partial charge on any atom is 0.242 e. The van der Waals surface area contributed by atoms with Gasteiger partial charge < -0.3 is 15.3 Å². The van der Waals surface area contributed by atoms with Gasteiger partial charge in [-0.15, -0.1) is 0 Å². The van der Waals surface area contributed by atoms with Crippen LogP contribution in [0.3, 0.4) is 0 Å². The number of rotatable bonds is 3. The first-order chi connectivity index (χ1) is 9.11. The van der Waals surface area contributed by atoms with Crippen molar-refractivity contribution in [3.63, 3.8) is 0 Å². The molecule has 0 spiro atoms. The zero-order valence-corrected chi connectivity index (χ0v) is 10.9. The molecular weight excluding hydrogens is 244 g/mol. The van der Waals surface area contributed by atoms with Gasteiger partial charge in [0.25, 0.3) is 0 Å². The summed E-state index contributed by atoms with van der Waals surface area (Å²) < 4.78 is 0. The number of phenols is 1. The molecule has 1 aromatic carbocycles. The van der Waals surface area contributed by atoms with Gasteiger partial charge in [0.1, 0.15) is 11.8 Å². The second-order valence-electron chi connectivity index (χ2n) is 4.65. The molecule has 0 aliphatic carbocycles. The molecule has 1 saturated heterocycles. The van der Waals surface area contributed by atoms with Crippen molar-refractivity contribution in [1.82, 2.24) is 10.2 Å². The van der Waals surface area contributed by atoms with E-state index < -0.39 is 0 Å². The number of hydrogen-bond acceptors (Lipinski definition) is 3. The standard InChI is InChI=1S/C14H18N2O3/c1-2-12-14(19)15-6-7-16(12)13(18)9-10-4-3-5-11(17)8-10/h3-5,8,12,17H,2,6-7,9H2,1H3,(H,15,19). The molecule has 19 heavy (non-hydrogen) atoms. The fourth-order valence-electron chi connectivity index (χ4n) is 2.36. The fraction of sp³-hybridized carbons (Fsp3) is 0.429. The summed E-state index contributed by atoms with van der Waals surface area (Å²) >= 11 is 0. The summed E-state index contributed by atoms with van der Waals surface area (Å²) in [5.41, 5.74) is 0.755. The number of hydrogen-bond donors (Lipinski definition) is 2. The Morgan fingerprint density at radius 1 is 1.53 bits per heavy atom. The highest BCUT2D eigenvalue weighted by Gasteiger charge is 2.31. The largest absolute Gasteiger partial charge is 0.508 e. The molecule has 5 heteroatoms. The Hall–Kier alpha value is -2.04. The number of aromatic hydroxyl groups is 1. The van der Waals surface area contributed by atoms with Crippen LogP contribution in [-0.4, -0.2) is 41.0 Å². The molecule has 1 aliphatic rings. The molecule has 0 radical (unpaired) electrons. The van der Waals surface area contributed by atoms with E-state index in [0.717, 1.165) is 5.56 Å². The Balaban J connectivity index is 2.08. The quantitative estimate of drug-likeness (QED) is 0.841. The van der Waals surface area contributed by atoms with Gasteiger partial charge in [0.2, 0.25) is 11.8 Å². The van der Waals surface area contributed by atoms with E-state index in [2.05, 4.69) is 5.32 Å². The number of piperazine rings is 1. The lowest BCUT2D eigenvalue weighted by molar-refractivity contribution is -0.142. The van der Waals surface area contributed by atoms with Crippen molar-refractivity contribution in [3.8, 4) is 5.75 Å². The molecule has 2 N–H and O–H groups in total. The lowest BCUT2D eigenvalue weighted by Gasteiger charge is -2.34. The summed E-state index contributed by atoms with van der Waals surface area (Å²) in [5.74, 6) is -0.0148. The van der Waals surface area contributed by atoms with Crippen molar-refractivity contribution in [1.29, 1.82) is 0 Å². The van der Waals surface area contributed by atoms with Crippen molar-refractivity contribution in [2.75, 3.05) is 13.1 Å². The molecule has 2 rings (SSSR count). The molecule has 1 aliphatic heterocycles. The topological polar surface area (TPSA) is 69.6 Å². The van der Waals surface area contributed by atoms with E-state index in [-0.39, 0.29) is 30.0 Å². The number of carbonyl (C=O) groups is 2. The van der Waals surface area contributed by atoms with Gasteiger partial charge in [0, 0.05) is 13.1 Å². The monoisotopic (exact) mass is 262 g/mol. The van der Waals surface area contributed by atoms with E-state index in [1.807, 2.05) is 6.92 Å². The summed E-state index contributed by atoms with van der Waals surface area (Å²) in [7, 11) is 0. The highest BCUT2D eigenvalue weighted by Crippen LogP contribution is 2.15. The molecule has 0 saturated carbocycles. The predicted molar refractivity (Wildman–Crippen MR) is 70.6 cm³/mol. The third kappa shape index (κ3) is 3.05. The highest BCUT2D eigenvalue weighted by atomic mass is 16.3. The molecule has 1 aromatic rings. The minimum Gasteiger partial charge on any atom is -0.508 e. The summed E-state index contributed by atoms with van der Waals surface area (Å²) in [6.45, 7) is 2.94. The summed E-state index contributed by atoms with van der Waals surface area (Å²) in [6, 6.07) is 6.26. The highest BCUT2D eigenvalue weighted by molar-refractivity contribution is 5.89. The van der Waals surface area contributed by atoms with Crippen LogP contribution in [0.4, 0.5) is 0 Å². The van der Waals surface area contributed by atoms with Gasteiger partial charge in [-0.25, -0.2) is 0 Å². The van der Waals surface area contributed by atoms with Crippen LogP contribution in [0.2, 0.25) is 0 Å². The third-order valence-corrected chi connectivity index (χ3v) is 3.30. The van der Waals surface area contributed by atoms with Gasteiger partial charge in [-0.05, 0) is 24.1 Å². The van der Waals surface area contributed by atoms with Gasteiger partial charge >= 0.3 is 0 Å². The van der Waals surface area contributed by atoms with Crippen molar-refractivity contribution in [2.24, 2.45) is 0 Å². The second-order valence-corrected chi connectivity index (χ2v) is 4.65. The van der Waals surface area contributed by atoms with E-state index in [9.17, 15) is 14.7 Å². The number of nitrogens with zero attached hydrogens (tertiary/aromatic N) is 1. The zero-order chi connectivity index (χ0) is 13.8. The first-order valence-corrected chi connectivity index (χ1v) is 6.47. The first-order valence-electron chi connectivity index (χ1n) is 6.47. The van der Waals surface area contributed by atoms with Crippen LogP contribution in [0.5, 0.6) is 5.75 Å². The molecule has 5 nitrogen and oxygen atoms in total. The number of carbonyl (C=O) groups excluding carboxylic acids is 2. The molecule has 1 fully saturated rings. The molecular formula is C14H18N2O3. The second kappa shape index (κ2) is 5.73. The van der Waals surface area contributed by atoms with E-state index in [1.165, 1.54) is 0 Å². The van der Waals surface area contributed by atoms with E-state index >= 15 is 0 Å². The van der Waals surface area contributed by atoms with Crippen molar-refractivity contribution in [3.05, 3.63) is 29.8 Å². The molecule has 2 amide bonds. The Bertz CT molecular complexity index is 487.